The molecule has 0 radical (unpaired) electrons. The van der Waals surface area contributed by atoms with Crippen LogP contribution < -0.4 is 20.4 Å². The van der Waals surface area contributed by atoms with Gasteiger partial charge in [-0.1, -0.05) is 23.7 Å². The molecule has 3 N–H and O–H groups in total. The molecule has 1 atom stereocenters. The number of ether oxygens (including phenoxy) is 1. The van der Waals surface area contributed by atoms with Crippen LogP contribution in [0.4, 0.5) is 11.4 Å². The van der Waals surface area contributed by atoms with Gasteiger partial charge in [-0.25, -0.2) is 5.43 Å². The first-order valence-corrected chi connectivity index (χ1v) is 10.9. The number of hydrogen-bond acceptors (Lipinski definition) is 6. The Balaban J connectivity index is 0.000000567. The Hall–Kier alpha value is -3.26. The van der Waals surface area contributed by atoms with Gasteiger partial charge < -0.3 is 20.1 Å². The Labute approximate surface area is 191 Å². The van der Waals surface area contributed by atoms with Gasteiger partial charge in [0, 0.05) is 29.2 Å². The van der Waals surface area contributed by atoms with Crippen LogP contribution >= 0.6 is 11.6 Å². The van der Waals surface area contributed by atoms with Crippen LogP contribution in [0.5, 0.6) is 5.75 Å². The van der Waals surface area contributed by atoms with Crippen molar-refractivity contribution in [3.63, 3.8) is 0 Å². The van der Waals surface area contributed by atoms with E-state index in [4.69, 9.17) is 26.2 Å². The number of carbonyl (C=O) groups excluding carboxylic acids is 1. The summed E-state index contributed by atoms with van der Waals surface area (Å²) in [4.78, 5) is 23.1. The van der Waals surface area contributed by atoms with E-state index in [1.165, 1.54) is 6.42 Å². The van der Waals surface area contributed by atoms with Crippen LogP contribution in [0.25, 0.3) is 11.1 Å². The van der Waals surface area contributed by atoms with Gasteiger partial charge in [0.2, 0.25) is 0 Å². The lowest BCUT2D eigenvalue weighted by Crippen LogP contribution is -2.55. The lowest BCUT2D eigenvalue weighted by molar-refractivity contribution is -0.134. The summed E-state index contributed by atoms with van der Waals surface area (Å²) in [5.41, 5.74) is 6.53. The monoisotopic (exact) mass is 456 g/mol. The van der Waals surface area contributed by atoms with Crippen molar-refractivity contribution in [3.8, 4) is 16.9 Å². The molecule has 0 bridgehead atoms. The fourth-order valence-electron chi connectivity index (χ4n) is 3.86. The summed E-state index contributed by atoms with van der Waals surface area (Å²) in [7, 11) is 0. The van der Waals surface area contributed by atoms with E-state index in [-0.39, 0.29) is 11.9 Å². The zero-order valence-electron chi connectivity index (χ0n) is 17.9. The second-order valence-electron chi connectivity index (χ2n) is 8.01. The van der Waals surface area contributed by atoms with Crippen LogP contribution in [0.2, 0.25) is 5.02 Å². The van der Waals surface area contributed by atoms with Crippen molar-refractivity contribution in [1.82, 2.24) is 5.43 Å². The molecule has 2 aliphatic heterocycles. The molecule has 3 aliphatic rings. The number of hydrazone groups is 1. The van der Waals surface area contributed by atoms with Gasteiger partial charge >= 0.3 is 0 Å². The minimum absolute atomic E-state index is 0.121. The third-order valence-corrected chi connectivity index (χ3v) is 5.89. The standard InChI is InChI=1S/C21H21ClN4O2.C2H4O2/c1-12-21(27)25-24-20-11-28-19-9-16(13-4-2-5-14(22)8-13)17(10-18(19)26(12)20)23-15-6-3-7-15;1-2(3)4/h2,4-5,8-10,12,15,23H,3,6-7,11H2,1H3,(H,25,27);1H3,(H,3,4). The largest absolute Gasteiger partial charge is 0.483 e. The SMILES string of the molecule is CC(=O)O.CC1C(=O)NN=C2COc3cc(-c4cccc(Cl)c4)c(NC4CCC4)cc3N21. The van der Waals surface area contributed by atoms with Crippen molar-refractivity contribution in [1.29, 1.82) is 0 Å². The van der Waals surface area contributed by atoms with Crippen molar-refractivity contribution in [3.05, 3.63) is 41.4 Å². The van der Waals surface area contributed by atoms with Crippen molar-refractivity contribution in [2.45, 2.75) is 45.2 Å². The molecule has 2 heterocycles. The lowest BCUT2D eigenvalue weighted by atomic mass is 9.92. The molecule has 1 fully saturated rings. The molecular weight excluding hydrogens is 432 g/mol. The highest BCUT2D eigenvalue weighted by Gasteiger charge is 2.36. The van der Waals surface area contributed by atoms with Crippen molar-refractivity contribution < 1.29 is 19.4 Å². The Morgan fingerprint density at radius 1 is 1.31 bits per heavy atom. The van der Waals surface area contributed by atoms with Gasteiger partial charge in [-0.05, 0) is 56.0 Å². The number of rotatable bonds is 3. The number of anilines is 2. The predicted molar refractivity (Wildman–Crippen MR) is 124 cm³/mol. The van der Waals surface area contributed by atoms with Crippen LogP contribution in [-0.2, 0) is 9.59 Å². The third-order valence-electron chi connectivity index (χ3n) is 5.66. The number of benzene rings is 2. The zero-order chi connectivity index (χ0) is 22.8. The van der Waals surface area contributed by atoms with Crippen LogP contribution in [-0.4, -0.2) is 41.5 Å². The minimum Gasteiger partial charge on any atom is -0.483 e. The number of fused-ring (bicyclic) bond motifs is 3. The van der Waals surface area contributed by atoms with Gasteiger partial charge in [0.25, 0.3) is 11.9 Å². The maximum absolute atomic E-state index is 12.2. The lowest BCUT2D eigenvalue weighted by Gasteiger charge is -2.39. The van der Waals surface area contributed by atoms with Gasteiger partial charge in [0.15, 0.2) is 5.84 Å². The molecular formula is C23H25ClN4O4. The molecule has 8 nitrogen and oxygen atoms in total. The molecule has 2 aromatic rings. The van der Waals surface area contributed by atoms with Gasteiger partial charge in [-0.15, -0.1) is 0 Å². The summed E-state index contributed by atoms with van der Waals surface area (Å²) >= 11 is 6.24. The summed E-state index contributed by atoms with van der Waals surface area (Å²) in [5, 5.41) is 16.0. The quantitative estimate of drug-likeness (QED) is 0.642. The van der Waals surface area contributed by atoms with Crippen molar-refractivity contribution in [2.24, 2.45) is 5.10 Å². The zero-order valence-corrected chi connectivity index (χ0v) is 18.6. The molecule has 5 rings (SSSR count). The number of aliphatic carboxylic acids is 1. The summed E-state index contributed by atoms with van der Waals surface area (Å²) in [6.45, 7) is 3.28. The van der Waals surface area contributed by atoms with E-state index in [0.717, 1.165) is 48.0 Å². The van der Waals surface area contributed by atoms with E-state index in [9.17, 15) is 4.79 Å². The fraction of sp³-hybridized carbons (Fsp3) is 0.348. The molecule has 2 aromatic carbocycles. The van der Waals surface area contributed by atoms with Gasteiger partial charge in [-0.3, -0.25) is 9.59 Å². The Bertz CT molecular complexity index is 1080. The molecule has 1 aliphatic carbocycles. The number of amidine groups is 1. The molecule has 1 amide bonds. The van der Waals surface area contributed by atoms with E-state index in [1.54, 1.807) is 0 Å². The number of carboxylic acids is 1. The van der Waals surface area contributed by atoms with Crippen LogP contribution in [0.3, 0.4) is 0 Å². The fourth-order valence-corrected chi connectivity index (χ4v) is 4.05. The third kappa shape index (κ3) is 4.50. The van der Waals surface area contributed by atoms with E-state index in [0.29, 0.717) is 23.5 Å². The number of carbonyl (C=O) groups is 2. The van der Waals surface area contributed by atoms with E-state index in [2.05, 4.69) is 21.9 Å². The Kier molecular flexibility index (Phi) is 6.23. The minimum atomic E-state index is -0.833. The van der Waals surface area contributed by atoms with Gasteiger partial charge in [-0.2, -0.15) is 5.10 Å². The molecule has 0 saturated heterocycles. The first kappa shape index (κ1) is 22.0. The number of nitrogens with one attached hydrogen (secondary N) is 2. The second kappa shape index (κ2) is 9.08. The highest BCUT2D eigenvalue weighted by atomic mass is 35.5. The topological polar surface area (TPSA) is 103 Å². The number of halogens is 1. The second-order valence-corrected chi connectivity index (χ2v) is 8.44. The normalized spacial score (nSPS) is 19.1. The van der Waals surface area contributed by atoms with Crippen LogP contribution in [0.15, 0.2) is 41.5 Å². The molecule has 32 heavy (non-hydrogen) atoms. The number of hydrogen-bond donors (Lipinski definition) is 3. The summed E-state index contributed by atoms with van der Waals surface area (Å²) in [5.74, 6) is 0.503. The highest BCUT2D eigenvalue weighted by molar-refractivity contribution is 6.30. The van der Waals surface area contributed by atoms with E-state index < -0.39 is 5.97 Å². The predicted octanol–water partition coefficient (Wildman–Crippen LogP) is 4.09. The summed E-state index contributed by atoms with van der Waals surface area (Å²) in [6, 6.07) is 12.1. The molecule has 1 saturated carbocycles. The number of carboxylic acid groups (broad SMARTS) is 1. The first-order valence-electron chi connectivity index (χ1n) is 10.5. The van der Waals surface area contributed by atoms with Crippen molar-refractivity contribution >= 4 is 40.7 Å². The molecule has 9 heteroatoms. The average molecular weight is 457 g/mol. The summed E-state index contributed by atoms with van der Waals surface area (Å²) < 4.78 is 5.98. The van der Waals surface area contributed by atoms with Crippen molar-refractivity contribution in [2.75, 3.05) is 16.8 Å². The molecule has 168 valence electrons. The maximum Gasteiger partial charge on any atom is 0.300 e. The Morgan fingerprint density at radius 3 is 2.72 bits per heavy atom. The highest BCUT2D eigenvalue weighted by Crippen LogP contribution is 2.43. The molecule has 0 aromatic heterocycles. The Morgan fingerprint density at radius 2 is 2.06 bits per heavy atom. The first-order chi connectivity index (χ1) is 15.3. The van der Waals surface area contributed by atoms with Crippen LogP contribution in [0.1, 0.15) is 33.1 Å². The number of nitrogens with zero attached hydrogens (tertiary/aromatic N) is 2. The molecule has 0 spiro atoms. The summed E-state index contributed by atoms with van der Waals surface area (Å²) in [6.07, 6.45) is 3.58. The van der Waals surface area contributed by atoms with Crippen LogP contribution in [0, 0.1) is 0 Å². The van der Waals surface area contributed by atoms with Gasteiger partial charge in [0.05, 0.1) is 5.69 Å². The molecule has 1 unspecified atom stereocenters. The van der Waals surface area contributed by atoms with E-state index >= 15 is 0 Å². The maximum atomic E-state index is 12.2. The smallest absolute Gasteiger partial charge is 0.300 e. The van der Waals surface area contributed by atoms with E-state index in [1.807, 2.05) is 42.2 Å². The van der Waals surface area contributed by atoms with Gasteiger partial charge in [0.1, 0.15) is 18.4 Å². The average Bonchev–Trinajstić information content (AvgIpc) is 2.72. The number of amides is 1.